The Bertz CT molecular complexity index is 505. The molecule has 1 saturated heterocycles. The molecule has 0 bridgehead atoms. The van der Waals surface area contributed by atoms with Crippen LogP contribution < -0.4 is 10.6 Å². The van der Waals surface area contributed by atoms with Crippen LogP contribution in [0.2, 0.25) is 10.0 Å². The SMILES string of the molecule is O=C1CCC[C@H](CNC(=O)c2ccc(Cl)c(Cl)c2)N1. The van der Waals surface area contributed by atoms with Crippen molar-refractivity contribution in [1.29, 1.82) is 0 Å². The molecule has 1 aromatic rings. The van der Waals surface area contributed by atoms with Crippen LogP contribution >= 0.6 is 23.2 Å². The maximum absolute atomic E-state index is 11.9. The quantitative estimate of drug-likeness (QED) is 0.900. The molecule has 102 valence electrons. The van der Waals surface area contributed by atoms with Gasteiger partial charge in [-0.05, 0) is 31.0 Å². The smallest absolute Gasteiger partial charge is 0.251 e. The van der Waals surface area contributed by atoms with Crippen LogP contribution in [0, 0.1) is 0 Å². The number of amides is 2. The van der Waals surface area contributed by atoms with Gasteiger partial charge in [-0.2, -0.15) is 0 Å². The molecular formula is C13H14Cl2N2O2. The zero-order chi connectivity index (χ0) is 13.8. The lowest BCUT2D eigenvalue weighted by molar-refractivity contribution is -0.123. The van der Waals surface area contributed by atoms with Crippen molar-refractivity contribution in [3.63, 3.8) is 0 Å². The zero-order valence-corrected chi connectivity index (χ0v) is 11.7. The summed E-state index contributed by atoms with van der Waals surface area (Å²) < 4.78 is 0. The van der Waals surface area contributed by atoms with E-state index in [1.54, 1.807) is 12.1 Å². The number of piperidine rings is 1. The third-order valence-electron chi connectivity index (χ3n) is 3.01. The molecule has 1 aromatic carbocycles. The van der Waals surface area contributed by atoms with Crippen molar-refractivity contribution in [2.24, 2.45) is 0 Å². The highest BCUT2D eigenvalue weighted by Gasteiger charge is 2.18. The summed E-state index contributed by atoms with van der Waals surface area (Å²) in [4.78, 5) is 23.1. The van der Waals surface area contributed by atoms with Gasteiger partial charge in [0.15, 0.2) is 0 Å². The molecule has 6 heteroatoms. The average molecular weight is 301 g/mol. The molecular weight excluding hydrogens is 287 g/mol. The second kappa shape index (κ2) is 6.26. The van der Waals surface area contributed by atoms with Gasteiger partial charge in [-0.1, -0.05) is 23.2 Å². The van der Waals surface area contributed by atoms with Crippen LogP contribution in [-0.2, 0) is 4.79 Å². The number of carbonyl (C=O) groups excluding carboxylic acids is 2. The molecule has 2 N–H and O–H groups in total. The van der Waals surface area contributed by atoms with Gasteiger partial charge in [0.25, 0.3) is 5.91 Å². The predicted molar refractivity (Wildman–Crippen MR) is 74.6 cm³/mol. The van der Waals surface area contributed by atoms with E-state index in [9.17, 15) is 9.59 Å². The standard InChI is InChI=1S/C13H14Cl2N2O2/c14-10-5-4-8(6-11(10)15)13(19)16-7-9-2-1-3-12(18)17-9/h4-6,9H,1-3,7H2,(H,16,19)(H,17,18)/t9-/m1/s1. The van der Waals surface area contributed by atoms with E-state index in [0.29, 0.717) is 28.6 Å². The Morgan fingerprint density at radius 1 is 1.37 bits per heavy atom. The van der Waals surface area contributed by atoms with Crippen LogP contribution in [-0.4, -0.2) is 24.4 Å². The first-order valence-corrected chi connectivity index (χ1v) is 6.84. The highest BCUT2D eigenvalue weighted by Crippen LogP contribution is 2.22. The third kappa shape index (κ3) is 3.85. The van der Waals surface area contributed by atoms with E-state index in [4.69, 9.17) is 23.2 Å². The average Bonchev–Trinajstić information content (AvgIpc) is 2.39. The highest BCUT2D eigenvalue weighted by atomic mass is 35.5. The van der Waals surface area contributed by atoms with Gasteiger partial charge in [-0.3, -0.25) is 9.59 Å². The molecule has 0 unspecified atom stereocenters. The largest absolute Gasteiger partial charge is 0.352 e. The van der Waals surface area contributed by atoms with Gasteiger partial charge in [0, 0.05) is 24.6 Å². The molecule has 4 nitrogen and oxygen atoms in total. The molecule has 0 saturated carbocycles. The molecule has 0 aromatic heterocycles. The summed E-state index contributed by atoms with van der Waals surface area (Å²) in [5, 5.41) is 6.39. The van der Waals surface area contributed by atoms with E-state index in [-0.39, 0.29) is 17.9 Å². The van der Waals surface area contributed by atoms with Crippen LogP contribution in [0.4, 0.5) is 0 Å². The first-order valence-electron chi connectivity index (χ1n) is 6.09. The number of halogens is 2. The Morgan fingerprint density at radius 3 is 2.84 bits per heavy atom. The molecule has 1 aliphatic rings. The summed E-state index contributed by atoms with van der Waals surface area (Å²) in [6, 6.07) is 4.73. The fourth-order valence-corrected chi connectivity index (χ4v) is 2.29. The lowest BCUT2D eigenvalue weighted by Crippen LogP contribution is -2.46. The molecule has 2 rings (SSSR count). The number of hydrogen-bond acceptors (Lipinski definition) is 2. The van der Waals surface area contributed by atoms with Crippen molar-refractivity contribution in [3.05, 3.63) is 33.8 Å². The fourth-order valence-electron chi connectivity index (χ4n) is 1.99. The van der Waals surface area contributed by atoms with Crippen molar-refractivity contribution in [3.8, 4) is 0 Å². The van der Waals surface area contributed by atoms with Crippen molar-refractivity contribution in [1.82, 2.24) is 10.6 Å². The molecule has 1 atom stereocenters. The van der Waals surface area contributed by atoms with E-state index in [1.165, 1.54) is 6.07 Å². The van der Waals surface area contributed by atoms with E-state index in [0.717, 1.165) is 12.8 Å². The molecule has 0 aliphatic carbocycles. The van der Waals surface area contributed by atoms with Gasteiger partial charge in [0.05, 0.1) is 10.0 Å². The molecule has 2 amide bonds. The minimum Gasteiger partial charge on any atom is -0.352 e. The molecule has 0 spiro atoms. The fraction of sp³-hybridized carbons (Fsp3) is 0.385. The first kappa shape index (κ1) is 14.2. The van der Waals surface area contributed by atoms with Crippen molar-refractivity contribution in [2.45, 2.75) is 25.3 Å². The van der Waals surface area contributed by atoms with E-state index in [1.807, 2.05) is 0 Å². The van der Waals surface area contributed by atoms with Crippen molar-refractivity contribution < 1.29 is 9.59 Å². The van der Waals surface area contributed by atoms with Crippen LogP contribution in [0.3, 0.4) is 0 Å². The van der Waals surface area contributed by atoms with Crippen LogP contribution in [0.1, 0.15) is 29.6 Å². The summed E-state index contributed by atoms with van der Waals surface area (Å²) in [6.07, 6.45) is 2.31. The molecule has 1 fully saturated rings. The van der Waals surface area contributed by atoms with Crippen molar-refractivity contribution >= 4 is 35.0 Å². The molecule has 0 radical (unpaired) electrons. The Kier molecular flexibility index (Phi) is 4.66. The highest BCUT2D eigenvalue weighted by molar-refractivity contribution is 6.42. The lowest BCUT2D eigenvalue weighted by atomic mass is 10.0. The summed E-state index contributed by atoms with van der Waals surface area (Å²) in [5.41, 5.74) is 0.455. The number of hydrogen-bond donors (Lipinski definition) is 2. The Balaban J connectivity index is 1.90. The van der Waals surface area contributed by atoms with Crippen LogP contribution in [0.5, 0.6) is 0 Å². The second-order valence-corrected chi connectivity index (χ2v) is 5.31. The van der Waals surface area contributed by atoms with Gasteiger partial charge in [0.1, 0.15) is 0 Å². The normalized spacial score (nSPS) is 18.8. The predicted octanol–water partition coefficient (Wildman–Crippen LogP) is 2.39. The van der Waals surface area contributed by atoms with Gasteiger partial charge >= 0.3 is 0 Å². The van der Waals surface area contributed by atoms with E-state index >= 15 is 0 Å². The maximum atomic E-state index is 11.9. The summed E-state index contributed by atoms with van der Waals surface area (Å²) in [6.45, 7) is 0.421. The summed E-state index contributed by atoms with van der Waals surface area (Å²) in [5.74, 6) is -0.182. The molecule has 1 aliphatic heterocycles. The maximum Gasteiger partial charge on any atom is 0.251 e. The van der Waals surface area contributed by atoms with Gasteiger partial charge < -0.3 is 10.6 Å². The topological polar surface area (TPSA) is 58.2 Å². The second-order valence-electron chi connectivity index (χ2n) is 4.50. The minimum absolute atomic E-state index is 0.00738. The minimum atomic E-state index is -0.224. The summed E-state index contributed by atoms with van der Waals surface area (Å²) in [7, 11) is 0. The number of carbonyl (C=O) groups is 2. The summed E-state index contributed by atoms with van der Waals surface area (Å²) >= 11 is 11.6. The molecule has 19 heavy (non-hydrogen) atoms. The molecule has 1 heterocycles. The van der Waals surface area contributed by atoms with E-state index in [2.05, 4.69) is 10.6 Å². The Labute approximate surface area is 121 Å². The van der Waals surface area contributed by atoms with Gasteiger partial charge in [0.2, 0.25) is 5.91 Å². The van der Waals surface area contributed by atoms with Crippen LogP contribution in [0.25, 0.3) is 0 Å². The van der Waals surface area contributed by atoms with Gasteiger partial charge in [-0.15, -0.1) is 0 Å². The third-order valence-corrected chi connectivity index (χ3v) is 3.75. The first-order chi connectivity index (χ1) is 9.06. The van der Waals surface area contributed by atoms with Gasteiger partial charge in [-0.25, -0.2) is 0 Å². The lowest BCUT2D eigenvalue weighted by Gasteiger charge is -2.23. The Morgan fingerprint density at radius 2 is 2.16 bits per heavy atom. The number of rotatable bonds is 3. The number of benzene rings is 1. The monoisotopic (exact) mass is 300 g/mol. The van der Waals surface area contributed by atoms with Crippen molar-refractivity contribution in [2.75, 3.05) is 6.54 Å². The van der Waals surface area contributed by atoms with E-state index < -0.39 is 0 Å². The van der Waals surface area contributed by atoms with Crippen LogP contribution in [0.15, 0.2) is 18.2 Å². The number of nitrogens with one attached hydrogen (secondary N) is 2. The zero-order valence-electron chi connectivity index (χ0n) is 10.2. The Hall–Kier alpha value is -1.26.